The molecule has 0 unspecified atom stereocenters. The molecule has 2 N–H and O–H groups in total. The number of aliphatic hydroxyl groups is 1. The van der Waals surface area contributed by atoms with Crippen LogP contribution in [0.2, 0.25) is 0 Å². The molecule has 0 saturated heterocycles. The summed E-state index contributed by atoms with van der Waals surface area (Å²) in [6, 6.07) is 17.6. The number of para-hydroxylation sites is 2. The van der Waals surface area contributed by atoms with E-state index in [9.17, 15) is 9.90 Å². The fourth-order valence-corrected chi connectivity index (χ4v) is 3.31. The molecule has 0 fully saturated rings. The van der Waals surface area contributed by atoms with Crippen LogP contribution < -0.4 is 15.0 Å². The summed E-state index contributed by atoms with van der Waals surface area (Å²) in [5, 5.41) is 12.6. The lowest BCUT2D eigenvalue weighted by molar-refractivity contribution is -0.120. The molecule has 5 nitrogen and oxygen atoms in total. The number of carbonyl (C=O) groups excluding carboxylic acids is 1. The van der Waals surface area contributed by atoms with Gasteiger partial charge in [0, 0.05) is 0 Å². The van der Waals surface area contributed by atoms with Gasteiger partial charge in [-0.25, -0.2) is 0 Å². The monoisotopic (exact) mass is 354 g/mol. The molecule has 138 valence electrons. The van der Waals surface area contributed by atoms with Gasteiger partial charge in [0.05, 0.1) is 31.4 Å². The second-order valence-electron chi connectivity index (χ2n) is 6.97. The van der Waals surface area contributed by atoms with E-state index in [1.54, 1.807) is 0 Å². The Hall–Kier alpha value is -2.53. The summed E-state index contributed by atoms with van der Waals surface area (Å²) < 4.78 is 5.76. The van der Waals surface area contributed by atoms with Crippen molar-refractivity contribution in [3.63, 3.8) is 0 Å². The molecule has 3 rings (SSSR count). The lowest BCUT2D eigenvalue weighted by atomic mass is 9.96. The molecule has 2 aromatic rings. The zero-order valence-electron chi connectivity index (χ0n) is 15.3. The quantitative estimate of drug-likeness (QED) is 0.837. The Labute approximate surface area is 154 Å². The van der Waals surface area contributed by atoms with Crippen LogP contribution in [0.15, 0.2) is 54.6 Å². The van der Waals surface area contributed by atoms with Crippen LogP contribution in [0.3, 0.4) is 0 Å². The van der Waals surface area contributed by atoms with E-state index in [0.29, 0.717) is 12.3 Å². The van der Waals surface area contributed by atoms with Gasteiger partial charge in [0.15, 0.2) is 0 Å². The van der Waals surface area contributed by atoms with E-state index < -0.39 is 0 Å². The summed E-state index contributed by atoms with van der Waals surface area (Å²) in [6.45, 7) is 4.84. The molecule has 26 heavy (non-hydrogen) atoms. The third kappa shape index (κ3) is 4.17. The van der Waals surface area contributed by atoms with E-state index in [1.165, 1.54) is 0 Å². The van der Waals surface area contributed by atoms with Crippen LogP contribution in [-0.2, 0) is 4.79 Å². The Balaban J connectivity index is 1.73. The molecule has 1 heterocycles. The first kappa shape index (κ1) is 18.3. The summed E-state index contributed by atoms with van der Waals surface area (Å²) in [7, 11) is 0. The van der Waals surface area contributed by atoms with Gasteiger partial charge in [0.1, 0.15) is 11.9 Å². The van der Waals surface area contributed by atoms with Crippen molar-refractivity contribution in [2.75, 3.05) is 24.6 Å². The number of ether oxygens (including phenoxy) is 1. The van der Waals surface area contributed by atoms with Crippen LogP contribution in [-0.4, -0.2) is 36.8 Å². The normalized spacial score (nSPS) is 17.4. The minimum Gasteiger partial charge on any atom is -0.484 e. The number of hydrogen-bond donors (Lipinski definition) is 2. The van der Waals surface area contributed by atoms with Crippen LogP contribution in [0.1, 0.15) is 25.5 Å². The molecule has 1 aliphatic heterocycles. The molecule has 0 saturated carbocycles. The van der Waals surface area contributed by atoms with Crippen molar-refractivity contribution in [1.29, 1.82) is 0 Å². The highest BCUT2D eigenvalue weighted by Crippen LogP contribution is 2.32. The van der Waals surface area contributed by atoms with Crippen molar-refractivity contribution in [3.8, 4) is 5.75 Å². The first-order valence-corrected chi connectivity index (χ1v) is 9.04. The van der Waals surface area contributed by atoms with Gasteiger partial charge in [-0.2, -0.15) is 0 Å². The standard InChI is InChI=1S/C21H26N2O3/c1-15(2)21(16-8-4-3-5-9-16)22-20(25)13-23-12-17(14-24)26-19-11-7-6-10-18(19)23/h3-11,15,17,21,24H,12-14H2,1-2H3,(H,22,25)/t17-,21+/m0/s1. The number of rotatable bonds is 6. The van der Waals surface area contributed by atoms with Crippen molar-refractivity contribution in [2.45, 2.75) is 26.0 Å². The van der Waals surface area contributed by atoms with Gasteiger partial charge in [-0.3, -0.25) is 4.79 Å². The Morgan fingerprint density at radius 2 is 1.88 bits per heavy atom. The Kier molecular flexibility index (Phi) is 5.78. The summed E-state index contributed by atoms with van der Waals surface area (Å²) in [6.07, 6.45) is -0.326. The maximum absolute atomic E-state index is 12.7. The Morgan fingerprint density at radius 3 is 2.58 bits per heavy atom. The van der Waals surface area contributed by atoms with Gasteiger partial charge in [-0.1, -0.05) is 56.3 Å². The third-order valence-electron chi connectivity index (χ3n) is 4.60. The predicted molar refractivity (Wildman–Crippen MR) is 102 cm³/mol. The zero-order chi connectivity index (χ0) is 18.5. The van der Waals surface area contributed by atoms with E-state index in [4.69, 9.17) is 4.74 Å². The second-order valence-corrected chi connectivity index (χ2v) is 6.97. The number of benzene rings is 2. The highest BCUT2D eigenvalue weighted by Gasteiger charge is 2.27. The van der Waals surface area contributed by atoms with Crippen molar-refractivity contribution < 1.29 is 14.6 Å². The van der Waals surface area contributed by atoms with Crippen LogP contribution in [0.5, 0.6) is 5.75 Å². The van der Waals surface area contributed by atoms with Crippen molar-refractivity contribution in [1.82, 2.24) is 5.32 Å². The molecule has 0 aromatic heterocycles. The number of hydrogen-bond acceptors (Lipinski definition) is 4. The van der Waals surface area contributed by atoms with Gasteiger partial charge < -0.3 is 20.1 Å². The van der Waals surface area contributed by atoms with Crippen LogP contribution in [0, 0.1) is 5.92 Å². The zero-order valence-corrected chi connectivity index (χ0v) is 15.3. The smallest absolute Gasteiger partial charge is 0.240 e. The molecule has 1 aliphatic rings. The number of fused-ring (bicyclic) bond motifs is 1. The molecule has 0 radical (unpaired) electrons. The van der Waals surface area contributed by atoms with E-state index in [2.05, 4.69) is 19.2 Å². The second kappa shape index (κ2) is 8.23. The average molecular weight is 354 g/mol. The summed E-state index contributed by atoms with van der Waals surface area (Å²) in [4.78, 5) is 14.7. The molecule has 0 spiro atoms. The maximum atomic E-state index is 12.7. The highest BCUT2D eigenvalue weighted by atomic mass is 16.5. The van der Waals surface area contributed by atoms with Crippen molar-refractivity contribution in [2.24, 2.45) is 5.92 Å². The van der Waals surface area contributed by atoms with Crippen molar-refractivity contribution in [3.05, 3.63) is 60.2 Å². The third-order valence-corrected chi connectivity index (χ3v) is 4.60. The molecular formula is C21H26N2O3. The minimum absolute atomic E-state index is 0.0337. The summed E-state index contributed by atoms with van der Waals surface area (Å²) in [5.74, 6) is 0.943. The van der Waals surface area contributed by atoms with E-state index >= 15 is 0 Å². The lowest BCUT2D eigenvalue weighted by Crippen LogP contribution is -2.47. The van der Waals surface area contributed by atoms with Gasteiger partial charge >= 0.3 is 0 Å². The number of nitrogens with zero attached hydrogens (tertiary/aromatic N) is 1. The first-order valence-electron chi connectivity index (χ1n) is 9.04. The average Bonchev–Trinajstić information content (AvgIpc) is 2.66. The van der Waals surface area contributed by atoms with Gasteiger partial charge in [0.2, 0.25) is 5.91 Å². The van der Waals surface area contributed by atoms with E-state index in [1.807, 2.05) is 59.5 Å². The Bertz CT molecular complexity index is 733. The minimum atomic E-state index is -0.326. The maximum Gasteiger partial charge on any atom is 0.240 e. The number of anilines is 1. The highest BCUT2D eigenvalue weighted by molar-refractivity contribution is 5.82. The molecule has 2 atom stereocenters. The number of amides is 1. The van der Waals surface area contributed by atoms with Gasteiger partial charge in [-0.05, 0) is 23.6 Å². The van der Waals surface area contributed by atoms with Crippen LogP contribution in [0.25, 0.3) is 0 Å². The molecular weight excluding hydrogens is 328 g/mol. The number of carbonyl (C=O) groups is 1. The molecule has 2 aromatic carbocycles. The van der Waals surface area contributed by atoms with E-state index in [-0.39, 0.29) is 37.1 Å². The lowest BCUT2D eigenvalue weighted by Gasteiger charge is -2.35. The fourth-order valence-electron chi connectivity index (χ4n) is 3.31. The molecule has 0 aliphatic carbocycles. The van der Waals surface area contributed by atoms with Crippen LogP contribution >= 0.6 is 0 Å². The first-order chi connectivity index (χ1) is 12.6. The molecule has 5 heteroatoms. The van der Waals surface area contributed by atoms with Crippen molar-refractivity contribution >= 4 is 11.6 Å². The summed E-state index contributed by atoms with van der Waals surface area (Å²) >= 11 is 0. The predicted octanol–water partition coefficient (Wildman–Crippen LogP) is 2.76. The Morgan fingerprint density at radius 1 is 1.19 bits per heavy atom. The SMILES string of the molecule is CC(C)[C@@H](NC(=O)CN1C[C@@H](CO)Oc2ccccc21)c1ccccc1. The summed E-state index contributed by atoms with van der Waals surface area (Å²) in [5.41, 5.74) is 1.99. The topological polar surface area (TPSA) is 61.8 Å². The molecule has 0 bridgehead atoms. The number of aliphatic hydroxyl groups excluding tert-OH is 1. The van der Waals surface area contributed by atoms with Gasteiger partial charge in [-0.15, -0.1) is 0 Å². The molecule has 1 amide bonds. The van der Waals surface area contributed by atoms with Crippen LogP contribution in [0.4, 0.5) is 5.69 Å². The van der Waals surface area contributed by atoms with E-state index in [0.717, 1.165) is 11.3 Å². The largest absolute Gasteiger partial charge is 0.484 e. The fraction of sp³-hybridized carbons (Fsp3) is 0.381. The van der Waals surface area contributed by atoms with Gasteiger partial charge in [0.25, 0.3) is 0 Å². The number of nitrogens with one attached hydrogen (secondary N) is 1.